The van der Waals surface area contributed by atoms with E-state index in [2.05, 4.69) is 30.8 Å². The molecule has 0 atom stereocenters. The molecule has 0 bridgehead atoms. The zero-order valence-electron chi connectivity index (χ0n) is 10.3. The van der Waals surface area contributed by atoms with Crippen molar-refractivity contribution in [2.24, 2.45) is 0 Å². The minimum atomic E-state index is 0.906. The second-order valence-electron chi connectivity index (χ2n) is 4.23. The fraction of sp³-hybridized carbons (Fsp3) is 0.538. The molecule has 1 aromatic rings. The lowest BCUT2D eigenvalue weighted by atomic mass is 10.2. The lowest BCUT2D eigenvalue weighted by Gasteiger charge is -2.17. The van der Waals surface area contributed by atoms with Gasteiger partial charge in [0.1, 0.15) is 0 Å². The van der Waals surface area contributed by atoms with E-state index in [1.54, 1.807) is 12.5 Å². The Morgan fingerprint density at radius 2 is 2.38 bits per heavy atom. The van der Waals surface area contributed by atoms with Crippen molar-refractivity contribution in [2.75, 3.05) is 26.7 Å². The third-order valence-electron chi connectivity index (χ3n) is 2.33. The number of hydrogen-bond donors (Lipinski definition) is 1. The fourth-order valence-electron chi connectivity index (χ4n) is 1.63. The molecule has 3 nitrogen and oxygen atoms in total. The van der Waals surface area contributed by atoms with E-state index in [1.807, 2.05) is 6.07 Å². The van der Waals surface area contributed by atoms with Crippen molar-refractivity contribution in [3.8, 4) is 0 Å². The molecule has 0 unspecified atom stereocenters. The van der Waals surface area contributed by atoms with E-state index in [0.29, 0.717) is 0 Å². The maximum Gasteiger partial charge on any atom is 0.0947 e. The molecule has 1 rings (SSSR count). The van der Waals surface area contributed by atoms with Crippen LogP contribution in [0.1, 0.15) is 18.9 Å². The van der Waals surface area contributed by atoms with Gasteiger partial charge in [0.15, 0.2) is 0 Å². The van der Waals surface area contributed by atoms with Crippen molar-refractivity contribution in [3.05, 3.63) is 36.3 Å². The molecule has 0 radical (unpaired) electrons. The normalized spacial score (nSPS) is 10.9. The van der Waals surface area contributed by atoms with Crippen molar-refractivity contribution in [3.63, 3.8) is 0 Å². The lowest BCUT2D eigenvalue weighted by Crippen LogP contribution is -2.26. The first kappa shape index (κ1) is 13.0. The number of rotatable bonds is 8. The van der Waals surface area contributed by atoms with E-state index in [1.165, 1.54) is 11.1 Å². The Hall–Kier alpha value is -1.06. The Balaban J connectivity index is 2.18. The highest BCUT2D eigenvalue weighted by atomic mass is 16.3. The summed E-state index contributed by atoms with van der Waals surface area (Å²) < 4.78 is 5.04. The highest BCUT2D eigenvalue weighted by molar-refractivity contribution is 5.06. The average molecular weight is 222 g/mol. The summed E-state index contributed by atoms with van der Waals surface area (Å²) in [4.78, 5) is 2.24. The van der Waals surface area contributed by atoms with Gasteiger partial charge in [0, 0.05) is 25.2 Å². The molecule has 1 aromatic heterocycles. The van der Waals surface area contributed by atoms with Crippen LogP contribution in [-0.4, -0.2) is 31.6 Å². The van der Waals surface area contributed by atoms with Crippen LogP contribution in [0.15, 0.2) is 35.2 Å². The molecule has 1 heterocycles. The molecule has 0 fully saturated rings. The summed E-state index contributed by atoms with van der Waals surface area (Å²) in [5.74, 6) is 0. The van der Waals surface area contributed by atoms with Crippen molar-refractivity contribution < 1.29 is 4.42 Å². The summed E-state index contributed by atoms with van der Waals surface area (Å²) >= 11 is 0. The largest absolute Gasteiger partial charge is 0.472 e. The van der Waals surface area contributed by atoms with Crippen molar-refractivity contribution >= 4 is 0 Å². The third-order valence-corrected chi connectivity index (χ3v) is 2.33. The Morgan fingerprint density at radius 1 is 1.56 bits per heavy atom. The second kappa shape index (κ2) is 7.25. The van der Waals surface area contributed by atoms with Crippen LogP contribution in [0, 0.1) is 0 Å². The molecule has 1 N–H and O–H groups in total. The van der Waals surface area contributed by atoms with Gasteiger partial charge in [-0.3, -0.25) is 4.90 Å². The quantitative estimate of drug-likeness (QED) is 0.540. The first-order valence-corrected chi connectivity index (χ1v) is 5.79. The van der Waals surface area contributed by atoms with Crippen molar-refractivity contribution in [2.45, 2.75) is 19.9 Å². The molecule has 0 spiro atoms. The molecule has 16 heavy (non-hydrogen) atoms. The predicted molar refractivity (Wildman–Crippen MR) is 67.3 cm³/mol. The molecule has 0 saturated heterocycles. The molecule has 3 heteroatoms. The van der Waals surface area contributed by atoms with Gasteiger partial charge in [-0.15, -0.1) is 0 Å². The van der Waals surface area contributed by atoms with E-state index in [-0.39, 0.29) is 0 Å². The Morgan fingerprint density at radius 3 is 3.00 bits per heavy atom. The number of furan rings is 1. The Kier molecular flexibility index (Phi) is 5.90. The van der Waals surface area contributed by atoms with Gasteiger partial charge in [-0.1, -0.05) is 13.5 Å². The highest BCUT2D eigenvalue weighted by Crippen LogP contribution is 2.04. The number of likely N-dealkylation sites (N-methyl/N-ethyl adjacent to an activating group) is 1. The molecule has 90 valence electrons. The van der Waals surface area contributed by atoms with Crippen LogP contribution in [0.4, 0.5) is 0 Å². The van der Waals surface area contributed by atoms with Crippen LogP contribution in [0.25, 0.3) is 0 Å². The number of nitrogens with one attached hydrogen (secondary N) is 1. The lowest BCUT2D eigenvalue weighted by molar-refractivity contribution is 0.350. The Labute approximate surface area is 98.1 Å². The van der Waals surface area contributed by atoms with Crippen molar-refractivity contribution in [1.82, 2.24) is 10.2 Å². The van der Waals surface area contributed by atoms with Crippen LogP contribution in [0.5, 0.6) is 0 Å². The highest BCUT2D eigenvalue weighted by Gasteiger charge is 2.03. The summed E-state index contributed by atoms with van der Waals surface area (Å²) in [6.45, 7) is 10.0. The third kappa shape index (κ3) is 5.14. The molecule has 0 aliphatic heterocycles. The van der Waals surface area contributed by atoms with E-state index in [0.717, 1.165) is 32.6 Å². The Bertz CT molecular complexity index is 293. The van der Waals surface area contributed by atoms with Crippen LogP contribution in [0.3, 0.4) is 0 Å². The van der Waals surface area contributed by atoms with E-state index < -0.39 is 0 Å². The number of hydrogen-bond acceptors (Lipinski definition) is 3. The van der Waals surface area contributed by atoms with Gasteiger partial charge in [-0.25, -0.2) is 0 Å². The molecular weight excluding hydrogens is 200 g/mol. The van der Waals surface area contributed by atoms with Gasteiger partial charge >= 0.3 is 0 Å². The minimum Gasteiger partial charge on any atom is -0.472 e. The van der Waals surface area contributed by atoms with Gasteiger partial charge in [0.2, 0.25) is 0 Å². The summed E-state index contributed by atoms with van der Waals surface area (Å²) in [5.41, 5.74) is 2.43. The average Bonchev–Trinajstić information content (AvgIpc) is 2.70. The van der Waals surface area contributed by atoms with Crippen LogP contribution in [-0.2, 0) is 6.54 Å². The maximum atomic E-state index is 5.04. The molecule has 0 saturated carbocycles. The van der Waals surface area contributed by atoms with Crippen LogP contribution >= 0.6 is 0 Å². The smallest absolute Gasteiger partial charge is 0.0947 e. The topological polar surface area (TPSA) is 28.4 Å². The van der Waals surface area contributed by atoms with Gasteiger partial charge < -0.3 is 9.73 Å². The van der Waals surface area contributed by atoms with Gasteiger partial charge in [-0.2, -0.15) is 0 Å². The van der Waals surface area contributed by atoms with Gasteiger partial charge in [0.05, 0.1) is 12.5 Å². The fourth-order valence-corrected chi connectivity index (χ4v) is 1.63. The molecule has 0 amide bonds. The first-order valence-electron chi connectivity index (χ1n) is 5.79. The first-order chi connectivity index (χ1) is 7.72. The zero-order valence-corrected chi connectivity index (χ0v) is 10.3. The molecular formula is C13H22N2O. The summed E-state index contributed by atoms with van der Waals surface area (Å²) in [7, 11) is 2.10. The standard InChI is InChI=1S/C13H22N2O/c1-4-6-14-8-12(2)9-15(3)10-13-5-7-16-11-13/h5,7,11,14H,2,4,6,8-10H2,1,3H3. The van der Waals surface area contributed by atoms with Crippen LogP contribution < -0.4 is 5.32 Å². The molecule has 0 aliphatic carbocycles. The molecule has 0 aromatic carbocycles. The maximum absolute atomic E-state index is 5.04. The van der Waals surface area contributed by atoms with Gasteiger partial charge in [0.25, 0.3) is 0 Å². The SMILES string of the molecule is C=C(CNCCC)CN(C)Cc1ccoc1. The molecule has 0 aliphatic rings. The van der Waals surface area contributed by atoms with E-state index >= 15 is 0 Å². The number of nitrogens with zero attached hydrogens (tertiary/aromatic N) is 1. The second-order valence-corrected chi connectivity index (χ2v) is 4.23. The summed E-state index contributed by atoms with van der Waals surface area (Å²) in [6, 6.07) is 1.99. The monoisotopic (exact) mass is 222 g/mol. The van der Waals surface area contributed by atoms with Crippen LogP contribution in [0.2, 0.25) is 0 Å². The van der Waals surface area contributed by atoms with Crippen molar-refractivity contribution in [1.29, 1.82) is 0 Å². The minimum absolute atomic E-state index is 0.906. The summed E-state index contributed by atoms with van der Waals surface area (Å²) in [6.07, 6.45) is 4.66. The van der Waals surface area contributed by atoms with E-state index in [9.17, 15) is 0 Å². The zero-order chi connectivity index (χ0) is 11.8. The van der Waals surface area contributed by atoms with Gasteiger partial charge in [-0.05, 0) is 31.7 Å². The summed E-state index contributed by atoms with van der Waals surface area (Å²) in [5, 5.41) is 3.35. The van der Waals surface area contributed by atoms with E-state index in [4.69, 9.17) is 4.42 Å². The predicted octanol–water partition coefficient (Wildman–Crippen LogP) is 2.27.